The Labute approximate surface area is 217 Å². The number of carbonyl (C=O) groups excluding carboxylic acids is 2. The van der Waals surface area contributed by atoms with E-state index in [1.165, 1.54) is 4.90 Å². The number of guanidine groups is 1. The molecular formula is C25H37N7O5. The summed E-state index contributed by atoms with van der Waals surface area (Å²) in [4.78, 5) is 35.3. The van der Waals surface area contributed by atoms with Gasteiger partial charge >= 0.3 is 12.1 Å². The fourth-order valence-electron chi connectivity index (χ4n) is 4.43. The topological polar surface area (TPSA) is 142 Å². The van der Waals surface area contributed by atoms with Crippen molar-refractivity contribution in [2.45, 2.75) is 26.7 Å². The first-order chi connectivity index (χ1) is 17.8. The van der Waals surface area contributed by atoms with Gasteiger partial charge in [-0.15, -0.1) is 0 Å². The molecule has 12 heteroatoms. The van der Waals surface area contributed by atoms with Crippen LogP contribution in [0.1, 0.15) is 24.6 Å². The monoisotopic (exact) mass is 515 g/mol. The lowest BCUT2D eigenvalue weighted by molar-refractivity contribution is -0.160. The highest BCUT2D eigenvalue weighted by Crippen LogP contribution is 2.31. The van der Waals surface area contributed by atoms with Gasteiger partial charge in [0.05, 0.1) is 36.7 Å². The van der Waals surface area contributed by atoms with Crippen molar-refractivity contribution in [2.75, 3.05) is 56.5 Å². The highest BCUT2D eigenvalue weighted by molar-refractivity contribution is 6.04. The van der Waals surface area contributed by atoms with Crippen LogP contribution in [0.3, 0.4) is 0 Å². The lowest BCUT2D eigenvalue weighted by Gasteiger charge is -2.24. The molecule has 2 atom stereocenters. The lowest BCUT2D eigenvalue weighted by atomic mass is 9.87. The Morgan fingerprint density at radius 3 is 2.57 bits per heavy atom. The summed E-state index contributed by atoms with van der Waals surface area (Å²) in [6.45, 7) is 3.88. The number of benzene rings is 1. The minimum Gasteiger partial charge on any atom is -0.428 e. The predicted molar refractivity (Wildman–Crippen MR) is 142 cm³/mol. The Morgan fingerprint density at radius 2 is 1.95 bits per heavy atom. The number of aliphatic hydroxyl groups is 1. The zero-order valence-electron chi connectivity index (χ0n) is 22.1. The predicted octanol–water partition coefficient (Wildman–Crippen LogP) is 2.41. The quantitative estimate of drug-likeness (QED) is 0.262. The van der Waals surface area contributed by atoms with Crippen LogP contribution in [0.15, 0.2) is 29.6 Å². The number of imidazole rings is 1. The molecule has 1 amide bonds. The fourth-order valence-corrected chi connectivity index (χ4v) is 4.43. The van der Waals surface area contributed by atoms with Crippen molar-refractivity contribution >= 4 is 35.1 Å². The van der Waals surface area contributed by atoms with Crippen LogP contribution in [-0.2, 0) is 27.7 Å². The molecule has 2 aromatic rings. The molecule has 1 aromatic heterocycles. The smallest absolute Gasteiger partial charge is 0.419 e. The molecule has 1 aliphatic rings. The van der Waals surface area contributed by atoms with E-state index in [2.05, 4.69) is 25.9 Å². The minimum atomic E-state index is -0.670. The van der Waals surface area contributed by atoms with Crippen molar-refractivity contribution in [1.29, 1.82) is 0 Å². The van der Waals surface area contributed by atoms with E-state index >= 15 is 0 Å². The molecule has 37 heavy (non-hydrogen) atoms. The van der Waals surface area contributed by atoms with Crippen LogP contribution in [0.25, 0.3) is 0 Å². The molecule has 0 saturated carbocycles. The SMILES string of the molecule is CCC(C(=O)OCOC(=O)N1CCN=C1Nc1ccc(NC)c(NC)c1C)C(CO)Cc1cncn1C. The normalized spacial score (nSPS) is 14.5. The molecule has 12 nitrogen and oxygen atoms in total. The summed E-state index contributed by atoms with van der Waals surface area (Å²) in [5.74, 6) is -1.05. The number of aromatic nitrogens is 2. The van der Waals surface area contributed by atoms with Crippen LogP contribution in [0.5, 0.6) is 0 Å². The van der Waals surface area contributed by atoms with E-state index < -0.39 is 24.8 Å². The Hall–Kier alpha value is -3.80. The summed E-state index contributed by atoms with van der Waals surface area (Å²) in [7, 11) is 5.55. The van der Waals surface area contributed by atoms with E-state index in [0.29, 0.717) is 31.9 Å². The van der Waals surface area contributed by atoms with Crippen LogP contribution in [0.2, 0.25) is 0 Å². The van der Waals surface area contributed by atoms with Crippen molar-refractivity contribution in [2.24, 2.45) is 23.9 Å². The first kappa shape index (κ1) is 27.8. The summed E-state index contributed by atoms with van der Waals surface area (Å²) >= 11 is 0. The number of ether oxygens (including phenoxy) is 2. The number of aliphatic hydroxyl groups excluding tert-OH is 1. The number of hydrogen-bond donors (Lipinski definition) is 4. The van der Waals surface area contributed by atoms with Crippen molar-refractivity contribution in [3.05, 3.63) is 35.9 Å². The summed E-state index contributed by atoms with van der Waals surface area (Å²) in [6, 6.07) is 3.83. The molecule has 0 spiro atoms. The second kappa shape index (κ2) is 12.9. The first-order valence-corrected chi connectivity index (χ1v) is 12.3. The number of carbonyl (C=O) groups is 2. The van der Waals surface area contributed by atoms with Gasteiger partial charge in [0.15, 0.2) is 0 Å². The molecule has 3 rings (SSSR count). The molecule has 2 unspecified atom stereocenters. The maximum atomic E-state index is 12.7. The Kier molecular flexibility index (Phi) is 9.72. The van der Waals surface area contributed by atoms with Gasteiger partial charge in [-0.3, -0.25) is 9.79 Å². The summed E-state index contributed by atoms with van der Waals surface area (Å²) in [5.41, 5.74) is 4.54. The Balaban J connectivity index is 1.56. The number of amides is 1. The number of anilines is 3. The van der Waals surface area contributed by atoms with Gasteiger partial charge in [0.25, 0.3) is 0 Å². The van der Waals surface area contributed by atoms with E-state index in [-0.39, 0.29) is 12.5 Å². The molecule has 0 aliphatic carbocycles. The number of rotatable bonds is 11. The number of nitrogens with zero attached hydrogens (tertiary/aromatic N) is 4. The standard InChI is InChI=1S/C25H37N7O5/c1-6-19(17(13-33)11-18-12-28-14-31(18)5)23(34)36-15-37-25(35)32-10-9-29-24(32)30-20-7-8-21(26-3)22(27-4)16(20)2/h7-8,12,14,17,19,26-27,33H,6,9-11,13,15H2,1-5H3,(H,29,30). The molecular weight excluding hydrogens is 478 g/mol. The molecule has 0 radical (unpaired) electrons. The van der Waals surface area contributed by atoms with Gasteiger partial charge in [0, 0.05) is 51.2 Å². The number of hydrogen-bond acceptors (Lipinski definition) is 10. The number of nitrogens with one attached hydrogen (secondary N) is 3. The average molecular weight is 516 g/mol. The lowest BCUT2D eigenvalue weighted by Crippen LogP contribution is -2.39. The van der Waals surface area contributed by atoms with Gasteiger partial charge in [0.2, 0.25) is 12.8 Å². The highest BCUT2D eigenvalue weighted by atomic mass is 16.7. The van der Waals surface area contributed by atoms with Gasteiger partial charge in [-0.1, -0.05) is 6.92 Å². The maximum Gasteiger partial charge on any atom is 0.419 e. The van der Waals surface area contributed by atoms with Gasteiger partial charge in [0.1, 0.15) is 0 Å². The highest BCUT2D eigenvalue weighted by Gasteiger charge is 2.30. The van der Waals surface area contributed by atoms with E-state index in [1.807, 2.05) is 51.7 Å². The van der Waals surface area contributed by atoms with Crippen LogP contribution in [0, 0.1) is 18.8 Å². The van der Waals surface area contributed by atoms with Crippen LogP contribution < -0.4 is 16.0 Å². The first-order valence-electron chi connectivity index (χ1n) is 12.3. The summed E-state index contributed by atoms with van der Waals surface area (Å²) < 4.78 is 12.4. The molecule has 2 heterocycles. The van der Waals surface area contributed by atoms with E-state index in [4.69, 9.17) is 9.47 Å². The Morgan fingerprint density at radius 1 is 1.19 bits per heavy atom. The fraction of sp³-hybridized carbons (Fsp3) is 0.520. The van der Waals surface area contributed by atoms with Crippen molar-refractivity contribution in [3.63, 3.8) is 0 Å². The van der Waals surface area contributed by atoms with Gasteiger partial charge in [-0.2, -0.15) is 0 Å². The van der Waals surface area contributed by atoms with Crippen molar-refractivity contribution in [3.8, 4) is 0 Å². The number of esters is 1. The average Bonchev–Trinajstić information content (AvgIpc) is 3.53. The number of aliphatic imine (C=N–C) groups is 1. The second-order valence-corrected chi connectivity index (χ2v) is 8.79. The van der Waals surface area contributed by atoms with Gasteiger partial charge in [-0.05, 0) is 37.5 Å². The van der Waals surface area contributed by atoms with Crippen LogP contribution in [-0.4, -0.2) is 78.2 Å². The number of aryl methyl sites for hydroxylation is 1. The van der Waals surface area contributed by atoms with Gasteiger partial charge in [-0.25, -0.2) is 14.7 Å². The Bertz CT molecular complexity index is 1120. The van der Waals surface area contributed by atoms with Crippen molar-refractivity contribution < 1.29 is 24.2 Å². The van der Waals surface area contributed by atoms with Crippen LogP contribution in [0.4, 0.5) is 21.9 Å². The molecule has 0 bridgehead atoms. The van der Waals surface area contributed by atoms with E-state index in [1.54, 1.807) is 12.5 Å². The molecule has 0 fully saturated rings. The zero-order valence-corrected chi connectivity index (χ0v) is 22.1. The molecule has 1 aliphatic heterocycles. The second-order valence-electron chi connectivity index (χ2n) is 8.79. The van der Waals surface area contributed by atoms with Crippen LogP contribution >= 0.6 is 0 Å². The van der Waals surface area contributed by atoms with E-state index in [9.17, 15) is 14.7 Å². The zero-order chi connectivity index (χ0) is 26.9. The largest absolute Gasteiger partial charge is 0.428 e. The minimum absolute atomic E-state index is 0.179. The molecule has 202 valence electrons. The summed E-state index contributed by atoms with van der Waals surface area (Å²) in [6.07, 6.45) is 3.66. The van der Waals surface area contributed by atoms with E-state index in [0.717, 1.165) is 28.3 Å². The third-order valence-electron chi connectivity index (χ3n) is 6.61. The third kappa shape index (κ3) is 6.50. The molecule has 4 N–H and O–H groups in total. The van der Waals surface area contributed by atoms with Gasteiger partial charge < -0.3 is 35.1 Å². The molecule has 1 aromatic carbocycles. The maximum absolute atomic E-state index is 12.7. The van der Waals surface area contributed by atoms with Crippen molar-refractivity contribution in [1.82, 2.24) is 14.5 Å². The third-order valence-corrected chi connectivity index (χ3v) is 6.61. The summed E-state index contributed by atoms with van der Waals surface area (Å²) in [5, 5.41) is 19.4. The molecule has 0 saturated heterocycles.